The second-order valence-electron chi connectivity index (χ2n) is 5.55. The van der Waals surface area contributed by atoms with Crippen LogP contribution in [0.4, 0.5) is 0 Å². The van der Waals surface area contributed by atoms with Crippen molar-refractivity contribution in [3.05, 3.63) is 50.8 Å². The largest absolute Gasteiger partial charge is 0.350 e. The SMILES string of the molecule is CN=C(NCc1nc(-c2ccc(Cl)cc2)no1)NCc1nc(C)c(C)s1.I. The normalized spacial score (nSPS) is 11.2. The predicted octanol–water partition coefficient (Wildman–Crippen LogP) is 3.95. The highest BCUT2D eigenvalue weighted by atomic mass is 127. The highest BCUT2D eigenvalue weighted by Gasteiger charge is 2.10. The van der Waals surface area contributed by atoms with Crippen molar-refractivity contribution in [1.29, 1.82) is 0 Å². The number of aryl methyl sites for hydroxylation is 2. The highest BCUT2D eigenvalue weighted by Crippen LogP contribution is 2.18. The summed E-state index contributed by atoms with van der Waals surface area (Å²) in [6.07, 6.45) is 0. The van der Waals surface area contributed by atoms with Gasteiger partial charge in [-0.3, -0.25) is 4.99 Å². The van der Waals surface area contributed by atoms with Gasteiger partial charge in [0.05, 0.1) is 18.8 Å². The summed E-state index contributed by atoms with van der Waals surface area (Å²) in [5, 5.41) is 12.0. The van der Waals surface area contributed by atoms with Gasteiger partial charge in [-0.25, -0.2) is 4.98 Å². The molecule has 3 rings (SSSR count). The zero-order chi connectivity index (χ0) is 18.5. The number of nitrogens with zero attached hydrogens (tertiary/aromatic N) is 4. The molecule has 0 aliphatic heterocycles. The molecule has 27 heavy (non-hydrogen) atoms. The standard InChI is InChI=1S/C17H19ClN6OS.HI/c1-10-11(2)26-15(22-10)9-21-17(19-3)20-8-14-23-16(24-25-14)12-4-6-13(18)7-5-12;/h4-7H,8-9H2,1-3H3,(H2,19,20,21);1H. The first kappa shape index (κ1) is 21.6. The molecule has 2 N–H and O–H groups in total. The van der Waals surface area contributed by atoms with Crippen molar-refractivity contribution in [2.24, 2.45) is 4.99 Å². The van der Waals surface area contributed by atoms with E-state index in [1.54, 1.807) is 30.5 Å². The lowest BCUT2D eigenvalue weighted by atomic mass is 10.2. The fraction of sp³-hybridized carbons (Fsp3) is 0.294. The van der Waals surface area contributed by atoms with E-state index in [0.29, 0.717) is 35.8 Å². The Balaban J connectivity index is 0.00000261. The number of thiazole rings is 1. The molecule has 2 aromatic heterocycles. The van der Waals surface area contributed by atoms with E-state index in [-0.39, 0.29) is 24.0 Å². The smallest absolute Gasteiger partial charge is 0.246 e. The first-order valence-electron chi connectivity index (χ1n) is 8.01. The van der Waals surface area contributed by atoms with Crippen LogP contribution in [-0.2, 0) is 13.1 Å². The summed E-state index contributed by atoms with van der Waals surface area (Å²) in [7, 11) is 1.71. The zero-order valence-corrected chi connectivity index (χ0v) is 19.0. The number of halogens is 2. The molecule has 0 atom stereocenters. The molecular weight excluding hydrogens is 499 g/mol. The number of aliphatic imine (C=N–C) groups is 1. The van der Waals surface area contributed by atoms with Crippen molar-refractivity contribution in [1.82, 2.24) is 25.8 Å². The van der Waals surface area contributed by atoms with E-state index in [1.165, 1.54) is 4.88 Å². The van der Waals surface area contributed by atoms with Crippen LogP contribution >= 0.6 is 46.9 Å². The summed E-state index contributed by atoms with van der Waals surface area (Å²) in [5.41, 5.74) is 1.91. The maximum atomic E-state index is 5.89. The molecular formula is C17H20ClIN6OS. The fourth-order valence-corrected chi connectivity index (χ4v) is 3.20. The summed E-state index contributed by atoms with van der Waals surface area (Å²) in [4.78, 5) is 14.3. The monoisotopic (exact) mass is 518 g/mol. The molecule has 10 heteroatoms. The lowest BCUT2D eigenvalue weighted by Gasteiger charge is -2.08. The molecule has 0 unspecified atom stereocenters. The molecule has 0 fully saturated rings. The van der Waals surface area contributed by atoms with Gasteiger partial charge in [0.2, 0.25) is 11.7 Å². The molecule has 2 heterocycles. The Bertz CT molecular complexity index is 889. The predicted molar refractivity (Wildman–Crippen MR) is 119 cm³/mol. The third-order valence-electron chi connectivity index (χ3n) is 3.68. The molecule has 0 saturated carbocycles. The maximum Gasteiger partial charge on any atom is 0.246 e. The van der Waals surface area contributed by atoms with Crippen LogP contribution in [0.1, 0.15) is 21.5 Å². The van der Waals surface area contributed by atoms with E-state index >= 15 is 0 Å². The Morgan fingerprint density at radius 1 is 1.15 bits per heavy atom. The number of benzene rings is 1. The molecule has 144 valence electrons. The van der Waals surface area contributed by atoms with Crippen LogP contribution in [0.2, 0.25) is 5.02 Å². The number of nitrogens with one attached hydrogen (secondary N) is 2. The van der Waals surface area contributed by atoms with Crippen molar-refractivity contribution in [3.8, 4) is 11.4 Å². The lowest BCUT2D eigenvalue weighted by molar-refractivity contribution is 0.375. The molecule has 1 aromatic carbocycles. The van der Waals surface area contributed by atoms with E-state index in [1.807, 2.05) is 19.1 Å². The van der Waals surface area contributed by atoms with Gasteiger partial charge in [0.25, 0.3) is 0 Å². The quantitative estimate of drug-likeness (QED) is 0.302. The van der Waals surface area contributed by atoms with E-state index in [9.17, 15) is 0 Å². The molecule has 0 spiro atoms. The topological polar surface area (TPSA) is 88.2 Å². The fourth-order valence-electron chi connectivity index (χ4n) is 2.20. The second kappa shape index (κ2) is 10.00. The minimum Gasteiger partial charge on any atom is -0.350 e. The molecule has 0 aliphatic rings. The first-order chi connectivity index (χ1) is 12.5. The average Bonchev–Trinajstić information content (AvgIpc) is 3.23. The summed E-state index contributed by atoms with van der Waals surface area (Å²) in [6.45, 7) is 5.06. The van der Waals surface area contributed by atoms with E-state index in [2.05, 4.69) is 37.7 Å². The molecule has 7 nitrogen and oxygen atoms in total. The van der Waals surface area contributed by atoms with Crippen molar-refractivity contribution >= 4 is 52.9 Å². The summed E-state index contributed by atoms with van der Waals surface area (Å²) in [5.74, 6) is 1.63. The number of aromatic nitrogens is 3. The van der Waals surface area contributed by atoms with E-state index in [0.717, 1.165) is 16.3 Å². The minimum atomic E-state index is 0. The van der Waals surface area contributed by atoms with Crippen LogP contribution in [-0.4, -0.2) is 28.1 Å². The van der Waals surface area contributed by atoms with E-state index < -0.39 is 0 Å². The molecule has 0 aliphatic carbocycles. The molecule has 0 saturated heterocycles. The Labute approximate surface area is 183 Å². The molecule has 3 aromatic rings. The van der Waals surface area contributed by atoms with Gasteiger partial charge in [-0.1, -0.05) is 16.8 Å². The van der Waals surface area contributed by atoms with Gasteiger partial charge in [-0.2, -0.15) is 4.98 Å². The van der Waals surface area contributed by atoms with Gasteiger partial charge in [-0.15, -0.1) is 35.3 Å². The summed E-state index contributed by atoms with van der Waals surface area (Å²) >= 11 is 7.57. The molecule has 0 amide bonds. The van der Waals surface area contributed by atoms with Gasteiger partial charge < -0.3 is 15.2 Å². The number of hydrogen-bond acceptors (Lipinski definition) is 6. The first-order valence-corrected chi connectivity index (χ1v) is 9.20. The van der Waals surface area contributed by atoms with Crippen LogP contribution in [0.3, 0.4) is 0 Å². The average molecular weight is 519 g/mol. The van der Waals surface area contributed by atoms with Crippen LogP contribution in [0, 0.1) is 13.8 Å². The number of guanidine groups is 1. The van der Waals surface area contributed by atoms with Gasteiger partial charge in [0.15, 0.2) is 5.96 Å². The van der Waals surface area contributed by atoms with Gasteiger partial charge in [0, 0.05) is 22.5 Å². The van der Waals surface area contributed by atoms with Crippen molar-refractivity contribution in [2.75, 3.05) is 7.05 Å². The Kier molecular flexibility index (Phi) is 7.99. The third kappa shape index (κ3) is 5.88. The Hall–Kier alpha value is -1.72. The second-order valence-corrected chi connectivity index (χ2v) is 7.27. The van der Waals surface area contributed by atoms with E-state index in [4.69, 9.17) is 16.1 Å². The van der Waals surface area contributed by atoms with Crippen molar-refractivity contribution in [3.63, 3.8) is 0 Å². The van der Waals surface area contributed by atoms with Crippen LogP contribution in [0.15, 0.2) is 33.8 Å². The highest BCUT2D eigenvalue weighted by molar-refractivity contribution is 14.0. The zero-order valence-electron chi connectivity index (χ0n) is 15.1. The lowest BCUT2D eigenvalue weighted by Crippen LogP contribution is -2.36. The minimum absolute atomic E-state index is 0. The van der Waals surface area contributed by atoms with Crippen LogP contribution in [0.5, 0.6) is 0 Å². The summed E-state index contributed by atoms with van der Waals surface area (Å²) in [6, 6.07) is 7.28. The molecule has 0 bridgehead atoms. The Morgan fingerprint density at radius 2 is 1.85 bits per heavy atom. The van der Waals surface area contributed by atoms with Gasteiger partial charge in [-0.05, 0) is 38.1 Å². The van der Waals surface area contributed by atoms with Crippen molar-refractivity contribution < 1.29 is 4.52 Å². The maximum absolute atomic E-state index is 5.89. The third-order valence-corrected chi connectivity index (χ3v) is 5.01. The van der Waals surface area contributed by atoms with Gasteiger partial charge in [0.1, 0.15) is 5.01 Å². The Morgan fingerprint density at radius 3 is 2.48 bits per heavy atom. The number of hydrogen-bond donors (Lipinski definition) is 2. The van der Waals surface area contributed by atoms with Crippen LogP contribution in [0.25, 0.3) is 11.4 Å². The summed E-state index contributed by atoms with van der Waals surface area (Å²) < 4.78 is 5.28. The van der Waals surface area contributed by atoms with Crippen molar-refractivity contribution in [2.45, 2.75) is 26.9 Å². The van der Waals surface area contributed by atoms with Crippen LogP contribution < -0.4 is 10.6 Å². The van der Waals surface area contributed by atoms with Gasteiger partial charge >= 0.3 is 0 Å². The molecule has 0 radical (unpaired) electrons. The number of rotatable bonds is 5.